The predicted octanol–water partition coefficient (Wildman–Crippen LogP) is 6.42. The van der Waals surface area contributed by atoms with Crippen LogP contribution in [0.25, 0.3) is 0 Å². The molecule has 0 N–H and O–H groups in total. The molecule has 5 aliphatic rings. The van der Waals surface area contributed by atoms with Crippen LogP contribution in [0.3, 0.4) is 0 Å². The van der Waals surface area contributed by atoms with Crippen LogP contribution in [-0.2, 0) is 14.9 Å². The molecule has 2 saturated carbocycles. The van der Waals surface area contributed by atoms with Gasteiger partial charge in [0.05, 0.1) is 26.7 Å². The fourth-order valence-corrected chi connectivity index (χ4v) is 9.00. The van der Waals surface area contributed by atoms with Crippen LogP contribution in [0, 0.1) is 28.6 Å². The first-order valence-electron chi connectivity index (χ1n) is 12.7. The van der Waals surface area contributed by atoms with E-state index in [4.69, 9.17) is 14.2 Å². The highest BCUT2D eigenvalue weighted by atomic mass is 16.5. The third-order valence-corrected chi connectivity index (χ3v) is 10.3. The van der Waals surface area contributed by atoms with E-state index in [1.165, 1.54) is 17.5 Å². The molecule has 6 atom stereocenters. The number of hydrogen-bond acceptors (Lipinski definition) is 4. The van der Waals surface area contributed by atoms with Gasteiger partial charge in [0, 0.05) is 22.5 Å². The van der Waals surface area contributed by atoms with E-state index in [1.54, 1.807) is 26.9 Å². The van der Waals surface area contributed by atoms with Crippen molar-refractivity contribution in [3.63, 3.8) is 0 Å². The first kappa shape index (κ1) is 22.8. The lowest BCUT2D eigenvalue weighted by Gasteiger charge is -2.66. The molecule has 0 radical (unpaired) electrons. The lowest BCUT2D eigenvalue weighted by atomic mass is 9.37. The fourth-order valence-electron chi connectivity index (χ4n) is 9.00. The van der Waals surface area contributed by atoms with E-state index in [2.05, 4.69) is 45.9 Å². The van der Waals surface area contributed by atoms with Crippen molar-refractivity contribution in [3.8, 4) is 11.5 Å². The zero-order valence-corrected chi connectivity index (χ0v) is 21.4. The van der Waals surface area contributed by atoms with Crippen LogP contribution in [0.5, 0.6) is 11.5 Å². The number of benzene rings is 1. The number of ether oxygens (including phenoxy) is 3. The number of esters is 1. The molecule has 0 saturated heterocycles. The number of methoxy groups -OCH3 is 3. The van der Waals surface area contributed by atoms with Gasteiger partial charge in [-0.25, -0.2) is 0 Å². The van der Waals surface area contributed by atoms with Crippen LogP contribution in [0.1, 0.15) is 83.3 Å². The molecular weight excluding hydrogens is 412 g/mol. The van der Waals surface area contributed by atoms with Crippen molar-refractivity contribution in [2.75, 3.05) is 21.3 Å². The molecule has 2 fully saturated rings. The van der Waals surface area contributed by atoms with Crippen LogP contribution in [0.2, 0.25) is 0 Å². The van der Waals surface area contributed by atoms with Crippen LogP contribution in [0.4, 0.5) is 0 Å². The topological polar surface area (TPSA) is 44.8 Å². The summed E-state index contributed by atoms with van der Waals surface area (Å²) in [7, 11) is 5.14. The van der Waals surface area contributed by atoms with Crippen molar-refractivity contribution in [1.82, 2.24) is 0 Å². The minimum Gasteiger partial charge on any atom is -0.496 e. The quantitative estimate of drug-likeness (QED) is 0.390. The average molecular weight is 453 g/mol. The molecule has 1 aromatic rings. The van der Waals surface area contributed by atoms with Gasteiger partial charge >= 0.3 is 5.97 Å². The molecule has 0 aliphatic heterocycles. The highest BCUT2D eigenvalue weighted by molar-refractivity contribution is 5.77. The Morgan fingerprint density at radius 3 is 2.33 bits per heavy atom. The largest absolute Gasteiger partial charge is 0.496 e. The summed E-state index contributed by atoms with van der Waals surface area (Å²) in [5.74, 6) is 3.64. The van der Waals surface area contributed by atoms with Gasteiger partial charge in [-0.3, -0.25) is 4.79 Å². The lowest BCUT2D eigenvalue weighted by molar-refractivity contribution is -0.175. The first-order chi connectivity index (χ1) is 15.7. The molecule has 1 aromatic carbocycles. The Balaban J connectivity index is 1.73. The van der Waals surface area contributed by atoms with Crippen molar-refractivity contribution in [1.29, 1.82) is 0 Å². The second-order valence-electron chi connectivity index (χ2n) is 11.8. The Labute approximate surface area is 199 Å². The number of fused-ring (bicyclic) bond motifs is 1. The van der Waals surface area contributed by atoms with Gasteiger partial charge in [-0.15, -0.1) is 0 Å². The van der Waals surface area contributed by atoms with E-state index < -0.39 is 5.41 Å². The summed E-state index contributed by atoms with van der Waals surface area (Å²) in [6, 6.07) is 4.19. The summed E-state index contributed by atoms with van der Waals surface area (Å²) in [4.78, 5) is 13.1. The van der Waals surface area contributed by atoms with E-state index in [0.717, 1.165) is 43.6 Å². The molecule has 0 aromatic heterocycles. The van der Waals surface area contributed by atoms with Crippen molar-refractivity contribution < 1.29 is 19.0 Å². The fraction of sp³-hybridized carbons (Fsp3) is 0.690. The summed E-state index contributed by atoms with van der Waals surface area (Å²) in [5, 5.41) is 0. The Hall–Kier alpha value is -1.97. The average Bonchev–Trinajstić information content (AvgIpc) is 2.82. The van der Waals surface area contributed by atoms with Crippen LogP contribution >= 0.6 is 0 Å². The maximum atomic E-state index is 13.1. The number of carbonyl (C=O) groups is 1. The highest BCUT2D eigenvalue weighted by Gasteiger charge is 2.66. The van der Waals surface area contributed by atoms with Gasteiger partial charge in [0.25, 0.3) is 0 Å². The highest BCUT2D eigenvalue weighted by Crippen LogP contribution is 2.73. The van der Waals surface area contributed by atoms with Gasteiger partial charge in [-0.05, 0) is 74.3 Å². The van der Waals surface area contributed by atoms with E-state index in [9.17, 15) is 4.79 Å². The van der Waals surface area contributed by atoms with Crippen molar-refractivity contribution >= 4 is 5.97 Å². The van der Waals surface area contributed by atoms with Crippen molar-refractivity contribution in [3.05, 3.63) is 34.9 Å². The summed E-state index contributed by atoms with van der Waals surface area (Å²) < 4.78 is 17.3. The van der Waals surface area contributed by atoms with Crippen LogP contribution in [-0.4, -0.2) is 27.3 Å². The maximum absolute atomic E-state index is 13.1. The zero-order valence-electron chi connectivity index (χ0n) is 21.4. The van der Waals surface area contributed by atoms with Gasteiger partial charge < -0.3 is 14.2 Å². The minimum atomic E-state index is -0.397. The number of allylic oxidation sites excluding steroid dienone is 2. The molecule has 0 unspecified atom stereocenters. The Bertz CT molecular complexity index is 1010. The smallest absolute Gasteiger partial charge is 0.311 e. The second-order valence-corrected chi connectivity index (χ2v) is 11.8. The van der Waals surface area contributed by atoms with Crippen molar-refractivity contribution in [2.24, 2.45) is 28.6 Å². The third-order valence-electron chi connectivity index (χ3n) is 10.3. The van der Waals surface area contributed by atoms with E-state index in [0.29, 0.717) is 23.7 Å². The Kier molecular flexibility index (Phi) is 5.19. The molecule has 4 nitrogen and oxygen atoms in total. The molecule has 33 heavy (non-hydrogen) atoms. The summed E-state index contributed by atoms with van der Waals surface area (Å²) in [6.07, 6.45) is 9.05. The SMILES string of the molecule is COC(=O)[C@@]1(C)CCC[C@@]2(C)[C@H]1CC[C@]13C=C(C(C)C)[C@H](C[C@@H]21)c1c(OC)ccc(OC)c13. The van der Waals surface area contributed by atoms with E-state index in [1.807, 2.05) is 0 Å². The first-order valence-corrected chi connectivity index (χ1v) is 12.7. The Morgan fingerprint density at radius 1 is 1.00 bits per heavy atom. The molecule has 2 bridgehead atoms. The van der Waals surface area contributed by atoms with Crippen LogP contribution in [0.15, 0.2) is 23.8 Å². The molecule has 0 amide bonds. The number of rotatable bonds is 4. The molecule has 1 spiro atoms. The Morgan fingerprint density at radius 2 is 1.70 bits per heavy atom. The molecule has 0 heterocycles. The lowest BCUT2D eigenvalue weighted by Crippen LogP contribution is -2.62. The summed E-state index contributed by atoms with van der Waals surface area (Å²) >= 11 is 0. The molecular formula is C29H40O4. The van der Waals surface area contributed by atoms with Gasteiger partial charge in [-0.1, -0.05) is 38.8 Å². The normalized spacial score (nSPS) is 38.7. The molecule has 5 aliphatic carbocycles. The zero-order chi connectivity index (χ0) is 23.8. The summed E-state index contributed by atoms with van der Waals surface area (Å²) in [6.45, 7) is 9.31. The van der Waals surface area contributed by atoms with Gasteiger partial charge in [0.15, 0.2) is 0 Å². The van der Waals surface area contributed by atoms with E-state index in [-0.39, 0.29) is 16.8 Å². The summed E-state index contributed by atoms with van der Waals surface area (Å²) in [5.41, 5.74) is 3.89. The maximum Gasteiger partial charge on any atom is 0.311 e. The van der Waals surface area contributed by atoms with Crippen molar-refractivity contribution in [2.45, 2.75) is 77.6 Å². The standard InChI is InChI=1S/C29H40O4/c1-17(2)19-16-29-14-11-22-27(3,12-8-13-28(22,4)26(30)33-7)23(29)15-18(19)24-20(31-5)9-10-21(32-6)25(24)29/h9-10,16-18,22-23H,8,11-15H2,1-7H3/t18-,22+,23-,27-,28-,29-/m0/s1. The minimum absolute atomic E-state index is 0.0200. The third kappa shape index (κ3) is 2.79. The van der Waals surface area contributed by atoms with Crippen LogP contribution < -0.4 is 9.47 Å². The van der Waals surface area contributed by atoms with Gasteiger partial charge in [-0.2, -0.15) is 0 Å². The predicted molar refractivity (Wildman–Crippen MR) is 130 cm³/mol. The molecule has 4 heteroatoms. The van der Waals surface area contributed by atoms with E-state index >= 15 is 0 Å². The second kappa shape index (κ2) is 7.52. The number of carbonyl (C=O) groups excluding carboxylic acids is 1. The van der Waals surface area contributed by atoms with Gasteiger partial charge in [0.1, 0.15) is 11.5 Å². The number of hydrogen-bond donors (Lipinski definition) is 0. The monoisotopic (exact) mass is 452 g/mol. The molecule has 180 valence electrons. The van der Waals surface area contributed by atoms with Gasteiger partial charge in [0.2, 0.25) is 0 Å². The molecule has 6 rings (SSSR count).